The van der Waals surface area contributed by atoms with Crippen LogP contribution < -0.4 is 16.4 Å². The molecule has 0 saturated carbocycles. The lowest BCUT2D eigenvalue weighted by molar-refractivity contribution is 0.0996. The Morgan fingerprint density at radius 2 is 2.05 bits per heavy atom. The van der Waals surface area contributed by atoms with E-state index in [0.717, 1.165) is 6.07 Å². The number of pyridine rings is 1. The van der Waals surface area contributed by atoms with Gasteiger partial charge in [-0.25, -0.2) is 9.18 Å². The van der Waals surface area contributed by atoms with E-state index in [1.165, 1.54) is 12.1 Å². The summed E-state index contributed by atoms with van der Waals surface area (Å²) in [4.78, 5) is 26.8. The number of nitrogens with one attached hydrogen (secondary N) is 2. The maximum Gasteiger partial charge on any atom is 0.319 e. The lowest BCUT2D eigenvalue weighted by Crippen LogP contribution is -2.28. The van der Waals surface area contributed by atoms with Gasteiger partial charge in [-0.1, -0.05) is 6.07 Å². The number of amides is 3. The van der Waals surface area contributed by atoms with Gasteiger partial charge in [0.25, 0.3) is 5.91 Å². The Hall–Kier alpha value is -2.96. The van der Waals surface area contributed by atoms with Crippen LogP contribution in [0.1, 0.15) is 16.1 Å². The van der Waals surface area contributed by atoms with Crippen molar-refractivity contribution in [3.8, 4) is 0 Å². The van der Waals surface area contributed by atoms with Crippen LogP contribution in [0.5, 0.6) is 0 Å². The molecule has 0 aliphatic carbocycles. The monoisotopic (exact) mass is 288 g/mol. The second-order valence-corrected chi connectivity index (χ2v) is 4.19. The van der Waals surface area contributed by atoms with Crippen LogP contribution in [0.25, 0.3) is 0 Å². The van der Waals surface area contributed by atoms with Gasteiger partial charge in [0, 0.05) is 11.9 Å². The highest BCUT2D eigenvalue weighted by Crippen LogP contribution is 2.14. The number of hydrogen-bond donors (Lipinski definition) is 3. The maximum absolute atomic E-state index is 13.3. The first-order valence-corrected chi connectivity index (χ1v) is 6.10. The first kappa shape index (κ1) is 14.4. The molecule has 0 unspecified atom stereocenters. The molecule has 0 atom stereocenters. The average molecular weight is 288 g/mol. The minimum absolute atomic E-state index is 0.247. The molecule has 0 fully saturated rings. The van der Waals surface area contributed by atoms with Crippen molar-refractivity contribution < 1.29 is 14.0 Å². The van der Waals surface area contributed by atoms with Crippen molar-refractivity contribution in [2.45, 2.75) is 6.54 Å². The fourth-order valence-corrected chi connectivity index (χ4v) is 1.64. The van der Waals surface area contributed by atoms with Gasteiger partial charge < -0.3 is 16.4 Å². The largest absolute Gasteiger partial charge is 0.366 e. The molecule has 0 spiro atoms. The molecule has 0 aliphatic heterocycles. The van der Waals surface area contributed by atoms with Gasteiger partial charge in [0.1, 0.15) is 5.82 Å². The molecule has 21 heavy (non-hydrogen) atoms. The zero-order chi connectivity index (χ0) is 15.2. The predicted molar refractivity (Wildman–Crippen MR) is 75.0 cm³/mol. The van der Waals surface area contributed by atoms with Gasteiger partial charge >= 0.3 is 6.03 Å². The molecular weight excluding hydrogens is 275 g/mol. The molecule has 0 saturated heterocycles. The Bertz CT molecular complexity index is 661. The quantitative estimate of drug-likeness (QED) is 0.797. The number of anilines is 1. The molecule has 0 radical (unpaired) electrons. The van der Waals surface area contributed by atoms with E-state index in [1.807, 2.05) is 0 Å². The van der Waals surface area contributed by atoms with Gasteiger partial charge in [0.15, 0.2) is 0 Å². The van der Waals surface area contributed by atoms with Crippen LogP contribution in [-0.2, 0) is 6.54 Å². The van der Waals surface area contributed by atoms with Crippen LogP contribution in [0.2, 0.25) is 0 Å². The average Bonchev–Trinajstić information content (AvgIpc) is 2.48. The van der Waals surface area contributed by atoms with Crippen molar-refractivity contribution >= 4 is 17.6 Å². The summed E-state index contributed by atoms with van der Waals surface area (Å²) in [5.41, 5.74) is 5.72. The molecule has 3 amide bonds. The van der Waals surface area contributed by atoms with E-state index in [2.05, 4.69) is 15.6 Å². The molecule has 1 aromatic carbocycles. The highest BCUT2D eigenvalue weighted by molar-refractivity contribution is 5.96. The van der Waals surface area contributed by atoms with Gasteiger partial charge in [0.2, 0.25) is 0 Å². The summed E-state index contributed by atoms with van der Waals surface area (Å²) in [6.07, 6.45) is 1.62. The smallest absolute Gasteiger partial charge is 0.319 e. The maximum atomic E-state index is 13.3. The number of carbonyl (C=O) groups excluding carboxylic acids is 2. The number of halogens is 1. The van der Waals surface area contributed by atoms with Crippen LogP contribution in [-0.4, -0.2) is 16.9 Å². The van der Waals surface area contributed by atoms with Crippen LogP contribution in [0, 0.1) is 5.82 Å². The second kappa shape index (κ2) is 6.47. The fourth-order valence-electron chi connectivity index (χ4n) is 1.64. The summed E-state index contributed by atoms with van der Waals surface area (Å²) >= 11 is 0. The zero-order valence-corrected chi connectivity index (χ0v) is 11.0. The number of hydrogen-bond acceptors (Lipinski definition) is 3. The van der Waals surface area contributed by atoms with Crippen molar-refractivity contribution in [2.75, 3.05) is 5.32 Å². The third kappa shape index (κ3) is 4.00. The van der Waals surface area contributed by atoms with Gasteiger partial charge in [-0.3, -0.25) is 9.78 Å². The number of rotatable bonds is 4. The number of nitrogens with zero attached hydrogens (tertiary/aromatic N) is 1. The summed E-state index contributed by atoms with van der Waals surface area (Å²) in [6.45, 7) is 0.247. The van der Waals surface area contributed by atoms with Crippen molar-refractivity contribution in [1.29, 1.82) is 0 Å². The Morgan fingerprint density at radius 1 is 1.24 bits per heavy atom. The van der Waals surface area contributed by atoms with Crippen LogP contribution in [0.3, 0.4) is 0 Å². The van der Waals surface area contributed by atoms with Crippen LogP contribution in [0.15, 0.2) is 42.6 Å². The third-order valence-corrected chi connectivity index (χ3v) is 2.65. The Labute approximate surface area is 120 Å². The van der Waals surface area contributed by atoms with Crippen molar-refractivity contribution in [1.82, 2.24) is 10.3 Å². The predicted octanol–water partition coefficient (Wildman–Crippen LogP) is 1.64. The van der Waals surface area contributed by atoms with Crippen LogP contribution in [0.4, 0.5) is 14.9 Å². The zero-order valence-electron chi connectivity index (χ0n) is 11.0. The van der Waals surface area contributed by atoms with Gasteiger partial charge in [-0.15, -0.1) is 0 Å². The van der Waals surface area contributed by atoms with Crippen molar-refractivity contribution in [2.24, 2.45) is 5.73 Å². The van der Waals surface area contributed by atoms with Gasteiger partial charge in [-0.05, 0) is 30.3 Å². The summed E-state index contributed by atoms with van der Waals surface area (Å²) < 4.78 is 13.3. The molecule has 108 valence electrons. The normalized spacial score (nSPS) is 9.95. The topological polar surface area (TPSA) is 97.1 Å². The Balaban J connectivity index is 1.97. The number of aromatic nitrogens is 1. The fraction of sp³-hybridized carbons (Fsp3) is 0.0714. The lowest BCUT2D eigenvalue weighted by atomic mass is 10.2. The van der Waals surface area contributed by atoms with Crippen molar-refractivity contribution in [3.63, 3.8) is 0 Å². The molecule has 4 N–H and O–H groups in total. The molecule has 7 heteroatoms. The number of primary amides is 1. The van der Waals surface area contributed by atoms with E-state index < -0.39 is 17.8 Å². The van der Waals surface area contributed by atoms with Gasteiger partial charge in [-0.2, -0.15) is 0 Å². The van der Waals surface area contributed by atoms with E-state index >= 15 is 0 Å². The van der Waals surface area contributed by atoms with E-state index in [9.17, 15) is 14.0 Å². The summed E-state index contributed by atoms with van der Waals surface area (Å²) in [7, 11) is 0. The standard InChI is InChI=1S/C14H13FN4O2/c15-12-5-4-9(7-11(12)13(16)20)19-14(21)18-8-10-3-1-2-6-17-10/h1-7H,8H2,(H2,16,20)(H2,18,19,21). The van der Waals surface area contributed by atoms with Crippen LogP contribution >= 0.6 is 0 Å². The minimum Gasteiger partial charge on any atom is -0.366 e. The first-order valence-electron chi connectivity index (χ1n) is 6.10. The molecule has 1 heterocycles. The number of carbonyl (C=O) groups is 2. The summed E-state index contributed by atoms with van der Waals surface area (Å²) in [6, 6.07) is 8.43. The number of benzene rings is 1. The van der Waals surface area contributed by atoms with Gasteiger partial charge in [0.05, 0.1) is 17.8 Å². The molecule has 6 nitrogen and oxygen atoms in total. The highest BCUT2D eigenvalue weighted by Gasteiger charge is 2.10. The second-order valence-electron chi connectivity index (χ2n) is 4.19. The third-order valence-electron chi connectivity index (χ3n) is 2.65. The summed E-state index contributed by atoms with van der Waals surface area (Å²) in [5, 5.41) is 5.07. The molecule has 2 rings (SSSR count). The van der Waals surface area contributed by atoms with E-state index in [4.69, 9.17) is 5.73 Å². The molecule has 0 aliphatic rings. The van der Waals surface area contributed by atoms with Crippen molar-refractivity contribution in [3.05, 3.63) is 59.7 Å². The lowest BCUT2D eigenvalue weighted by Gasteiger charge is -2.08. The molecule has 0 bridgehead atoms. The molecule has 1 aromatic heterocycles. The first-order chi connectivity index (χ1) is 10.1. The van der Waals surface area contributed by atoms with E-state index in [0.29, 0.717) is 5.69 Å². The Morgan fingerprint density at radius 3 is 2.71 bits per heavy atom. The molecular formula is C14H13FN4O2. The van der Waals surface area contributed by atoms with E-state index in [-0.39, 0.29) is 17.8 Å². The summed E-state index contributed by atoms with van der Waals surface area (Å²) in [5.74, 6) is -1.63. The Kier molecular flexibility index (Phi) is 4.45. The highest BCUT2D eigenvalue weighted by atomic mass is 19.1. The SMILES string of the molecule is NC(=O)c1cc(NC(=O)NCc2ccccn2)ccc1F. The molecule has 2 aromatic rings. The number of nitrogens with two attached hydrogens (primary N) is 1. The minimum atomic E-state index is -0.898. The van der Waals surface area contributed by atoms with E-state index in [1.54, 1.807) is 24.4 Å². The number of urea groups is 1.